The van der Waals surface area contributed by atoms with Crippen LogP contribution in [0.2, 0.25) is 0 Å². The van der Waals surface area contributed by atoms with Gasteiger partial charge in [-0.05, 0) is 12.8 Å². The first-order valence-electron chi connectivity index (χ1n) is 5.76. The molecule has 84 valence electrons. The van der Waals surface area contributed by atoms with Gasteiger partial charge in [0.05, 0.1) is 0 Å². The maximum absolute atomic E-state index is 11.4. The Hall–Kier alpha value is -1.12. The molecule has 1 heterocycles. The summed E-state index contributed by atoms with van der Waals surface area (Å²) >= 11 is 0. The van der Waals surface area contributed by atoms with Crippen LogP contribution in [0.3, 0.4) is 0 Å². The van der Waals surface area contributed by atoms with Gasteiger partial charge < -0.3 is 0 Å². The predicted octanol–water partition coefficient (Wildman–Crippen LogP) is 2.27. The van der Waals surface area contributed by atoms with E-state index in [1.807, 2.05) is 6.92 Å². The molecule has 0 radical (unpaired) electrons. The van der Waals surface area contributed by atoms with Gasteiger partial charge in [0.2, 0.25) is 0 Å². The number of carbonyl (C=O) groups excluding carboxylic acids is 2. The van der Waals surface area contributed by atoms with Crippen molar-refractivity contribution >= 4 is 11.8 Å². The number of rotatable bonds is 6. The van der Waals surface area contributed by atoms with Crippen molar-refractivity contribution in [2.75, 3.05) is 0 Å². The molecule has 2 amide bonds. The molecule has 0 saturated heterocycles. The van der Waals surface area contributed by atoms with Crippen LogP contribution < -0.4 is 0 Å². The van der Waals surface area contributed by atoms with E-state index in [2.05, 4.69) is 6.92 Å². The summed E-state index contributed by atoms with van der Waals surface area (Å²) in [5.41, 5.74) is 0. The maximum Gasteiger partial charge on any atom is 0.253 e. The fourth-order valence-corrected chi connectivity index (χ4v) is 1.92. The summed E-state index contributed by atoms with van der Waals surface area (Å²) in [5, 5.41) is 0. The minimum atomic E-state index is -0.150. The van der Waals surface area contributed by atoms with Crippen molar-refractivity contribution in [3.63, 3.8) is 0 Å². The monoisotopic (exact) mass is 209 g/mol. The van der Waals surface area contributed by atoms with Crippen LogP contribution in [0.15, 0.2) is 12.2 Å². The number of hydrogen-bond acceptors (Lipinski definition) is 2. The quantitative estimate of drug-likeness (QED) is 0.497. The highest BCUT2D eigenvalue weighted by Crippen LogP contribution is 2.17. The molecule has 0 aromatic heterocycles. The number of nitrogens with zero attached hydrogens (tertiary/aromatic N) is 1. The SMILES string of the molecule is CCCCCC(CC)N1C(=O)C=CC1=O. The maximum atomic E-state index is 11.4. The molecule has 1 aliphatic rings. The topological polar surface area (TPSA) is 37.4 Å². The van der Waals surface area contributed by atoms with Crippen molar-refractivity contribution in [3.8, 4) is 0 Å². The zero-order valence-electron chi connectivity index (χ0n) is 9.53. The fraction of sp³-hybridized carbons (Fsp3) is 0.667. The van der Waals surface area contributed by atoms with E-state index >= 15 is 0 Å². The van der Waals surface area contributed by atoms with Gasteiger partial charge in [0.25, 0.3) is 11.8 Å². The van der Waals surface area contributed by atoms with Crippen molar-refractivity contribution in [3.05, 3.63) is 12.2 Å². The summed E-state index contributed by atoms with van der Waals surface area (Å²) in [7, 11) is 0. The average molecular weight is 209 g/mol. The van der Waals surface area contributed by atoms with E-state index in [1.165, 1.54) is 23.5 Å². The number of imide groups is 1. The number of unbranched alkanes of at least 4 members (excludes halogenated alkanes) is 2. The molecule has 0 N–H and O–H groups in total. The molecule has 3 heteroatoms. The second-order valence-corrected chi connectivity index (χ2v) is 3.94. The van der Waals surface area contributed by atoms with Gasteiger partial charge in [-0.15, -0.1) is 0 Å². The fourth-order valence-electron chi connectivity index (χ4n) is 1.92. The summed E-state index contributed by atoms with van der Waals surface area (Å²) in [6.45, 7) is 4.17. The smallest absolute Gasteiger partial charge is 0.253 e. The van der Waals surface area contributed by atoms with E-state index in [0.29, 0.717) is 0 Å². The highest BCUT2D eigenvalue weighted by Gasteiger charge is 2.29. The summed E-state index contributed by atoms with van der Waals surface area (Å²) in [5.74, 6) is -0.299. The average Bonchev–Trinajstić information content (AvgIpc) is 2.55. The molecule has 0 saturated carbocycles. The van der Waals surface area contributed by atoms with Crippen LogP contribution in [0.4, 0.5) is 0 Å². The second kappa shape index (κ2) is 5.69. The first-order valence-corrected chi connectivity index (χ1v) is 5.76. The van der Waals surface area contributed by atoms with Crippen molar-refractivity contribution < 1.29 is 9.59 Å². The predicted molar refractivity (Wildman–Crippen MR) is 59.2 cm³/mol. The lowest BCUT2D eigenvalue weighted by Gasteiger charge is -2.24. The Balaban J connectivity index is 2.51. The lowest BCUT2D eigenvalue weighted by atomic mass is 10.0. The van der Waals surface area contributed by atoms with E-state index in [0.717, 1.165) is 25.7 Å². The molecular formula is C12H19NO2. The zero-order valence-corrected chi connectivity index (χ0v) is 9.53. The Kier molecular flexibility index (Phi) is 4.53. The Morgan fingerprint density at radius 3 is 2.20 bits per heavy atom. The van der Waals surface area contributed by atoms with Gasteiger partial charge in [-0.2, -0.15) is 0 Å². The van der Waals surface area contributed by atoms with Gasteiger partial charge in [0.15, 0.2) is 0 Å². The largest absolute Gasteiger partial charge is 0.272 e. The van der Waals surface area contributed by atoms with E-state index in [-0.39, 0.29) is 17.9 Å². The van der Waals surface area contributed by atoms with Crippen LogP contribution in [-0.2, 0) is 9.59 Å². The normalized spacial score (nSPS) is 17.6. The van der Waals surface area contributed by atoms with Crippen LogP contribution in [0.1, 0.15) is 46.0 Å². The van der Waals surface area contributed by atoms with Crippen molar-refractivity contribution in [1.29, 1.82) is 0 Å². The molecule has 0 aliphatic carbocycles. The molecular weight excluding hydrogens is 190 g/mol. The number of amides is 2. The van der Waals surface area contributed by atoms with E-state index in [9.17, 15) is 9.59 Å². The van der Waals surface area contributed by atoms with E-state index in [1.54, 1.807) is 0 Å². The minimum Gasteiger partial charge on any atom is -0.272 e. The van der Waals surface area contributed by atoms with Crippen molar-refractivity contribution in [2.45, 2.75) is 52.0 Å². The Bertz CT molecular complexity index is 253. The number of carbonyl (C=O) groups is 2. The lowest BCUT2D eigenvalue weighted by molar-refractivity contribution is -0.139. The van der Waals surface area contributed by atoms with Crippen molar-refractivity contribution in [2.24, 2.45) is 0 Å². The molecule has 1 aliphatic heterocycles. The van der Waals surface area contributed by atoms with Gasteiger partial charge in [-0.25, -0.2) is 0 Å². The third kappa shape index (κ3) is 2.91. The summed E-state index contributed by atoms with van der Waals surface area (Å²) < 4.78 is 0. The third-order valence-electron chi connectivity index (χ3n) is 2.82. The highest BCUT2D eigenvalue weighted by atomic mass is 16.2. The molecule has 1 unspecified atom stereocenters. The molecule has 1 atom stereocenters. The van der Waals surface area contributed by atoms with E-state index in [4.69, 9.17) is 0 Å². The van der Waals surface area contributed by atoms with Crippen LogP contribution >= 0.6 is 0 Å². The van der Waals surface area contributed by atoms with Crippen LogP contribution in [0.25, 0.3) is 0 Å². The molecule has 0 bridgehead atoms. The van der Waals surface area contributed by atoms with Gasteiger partial charge in [0.1, 0.15) is 0 Å². The lowest BCUT2D eigenvalue weighted by Crippen LogP contribution is -2.39. The molecule has 15 heavy (non-hydrogen) atoms. The second-order valence-electron chi connectivity index (χ2n) is 3.94. The molecule has 0 aromatic rings. The van der Waals surface area contributed by atoms with Gasteiger partial charge in [0, 0.05) is 18.2 Å². The first kappa shape index (κ1) is 12.0. The van der Waals surface area contributed by atoms with E-state index < -0.39 is 0 Å². The molecule has 0 aromatic carbocycles. The zero-order chi connectivity index (χ0) is 11.3. The summed E-state index contributed by atoms with van der Waals surface area (Å²) in [4.78, 5) is 24.3. The first-order chi connectivity index (χ1) is 7.20. The van der Waals surface area contributed by atoms with Crippen LogP contribution in [-0.4, -0.2) is 22.8 Å². The highest BCUT2D eigenvalue weighted by molar-refractivity contribution is 6.13. The molecule has 3 nitrogen and oxygen atoms in total. The molecule has 1 rings (SSSR count). The Morgan fingerprint density at radius 2 is 1.73 bits per heavy atom. The molecule has 0 fully saturated rings. The van der Waals surface area contributed by atoms with Crippen LogP contribution in [0.5, 0.6) is 0 Å². The third-order valence-corrected chi connectivity index (χ3v) is 2.82. The van der Waals surface area contributed by atoms with Gasteiger partial charge in [-0.1, -0.05) is 33.1 Å². The minimum absolute atomic E-state index is 0.0894. The number of hydrogen-bond donors (Lipinski definition) is 0. The van der Waals surface area contributed by atoms with Gasteiger partial charge >= 0.3 is 0 Å². The summed E-state index contributed by atoms with van der Waals surface area (Å²) in [6.07, 6.45) is 7.94. The standard InChI is InChI=1S/C12H19NO2/c1-3-5-6-7-10(4-2)13-11(14)8-9-12(13)15/h8-10H,3-7H2,1-2H3. The van der Waals surface area contributed by atoms with Crippen molar-refractivity contribution in [1.82, 2.24) is 4.90 Å². The van der Waals surface area contributed by atoms with Gasteiger partial charge in [-0.3, -0.25) is 14.5 Å². The Morgan fingerprint density at radius 1 is 1.13 bits per heavy atom. The van der Waals surface area contributed by atoms with Crippen LogP contribution in [0, 0.1) is 0 Å². The molecule has 0 spiro atoms. The Labute approximate surface area is 91.1 Å². The summed E-state index contributed by atoms with van der Waals surface area (Å²) in [6, 6.07) is 0.0894.